The molecule has 0 aromatic heterocycles. The predicted octanol–water partition coefficient (Wildman–Crippen LogP) is 1.09. The van der Waals surface area contributed by atoms with Crippen LogP contribution in [0.2, 0.25) is 0 Å². The minimum atomic E-state index is -0.144. The van der Waals surface area contributed by atoms with E-state index >= 15 is 0 Å². The molecule has 0 aliphatic heterocycles. The minimum Gasteiger partial charge on any atom is -0.396 e. The van der Waals surface area contributed by atoms with E-state index in [0.717, 1.165) is 24.8 Å². The molecule has 2 N–H and O–H groups in total. The summed E-state index contributed by atoms with van der Waals surface area (Å²) in [7, 11) is 0. The Morgan fingerprint density at radius 1 is 1.45 bits per heavy atom. The van der Waals surface area contributed by atoms with E-state index in [4.69, 9.17) is 10.2 Å². The van der Waals surface area contributed by atoms with Crippen molar-refractivity contribution in [3.8, 4) is 0 Å². The predicted molar refractivity (Wildman–Crippen MR) is 44.2 cm³/mol. The molecule has 64 valence electrons. The SMILES string of the molecule is C=C1CCCC1(CO)CCO. The Morgan fingerprint density at radius 3 is 2.55 bits per heavy atom. The second-order valence-electron chi connectivity index (χ2n) is 3.37. The molecule has 0 bridgehead atoms. The van der Waals surface area contributed by atoms with Crippen LogP contribution in [0, 0.1) is 5.41 Å². The van der Waals surface area contributed by atoms with Crippen LogP contribution in [0.3, 0.4) is 0 Å². The molecule has 0 aromatic rings. The topological polar surface area (TPSA) is 40.5 Å². The normalized spacial score (nSPS) is 31.3. The fourth-order valence-corrected chi connectivity index (χ4v) is 1.87. The van der Waals surface area contributed by atoms with Crippen LogP contribution in [0.1, 0.15) is 25.7 Å². The van der Waals surface area contributed by atoms with Crippen LogP contribution in [-0.2, 0) is 0 Å². The molecular formula is C9H16O2. The van der Waals surface area contributed by atoms with Gasteiger partial charge in [0.05, 0.1) is 6.61 Å². The average Bonchev–Trinajstić information content (AvgIpc) is 2.35. The molecule has 1 saturated carbocycles. The third-order valence-electron chi connectivity index (χ3n) is 2.78. The van der Waals surface area contributed by atoms with Gasteiger partial charge in [-0.25, -0.2) is 0 Å². The molecule has 1 fully saturated rings. The molecular weight excluding hydrogens is 140 g/mol. The number of aliphatic hydroxyl groups is 2. The third-order valence-corrected chi connectivity index (χ3v) is 2.78. The van der Waals surface area contributed by atoms with Gasteiger partial charge < -0.3 is 10.2 Å². The van der Waals surface area contributed by atoms with Crippen LogP contribution in [0.25, 0.3) is 0 Å². The van der Waals surface area contributed by atoms with Crippen molar-refractivity contribution in [3.63, 3.8) is 0 Å². The number of hydrogen-bond acceptors (Lipinski definition) is 2. The fourth-order valence-electron chi connectivity index (χ4n) is 1.87. The Kier molecular flexibility index (Phi) is 2.68. The highest BCUT2D eigenvalue weighted by molar-refractivity contribution is 5.15. The van der Waals surface area contributed by atoms with Gasteiger partial charge in [-0.2, -0.15) is 0 Å². The van der Waals surface area contributed by atoms with E-state index in [1.165, 1.54) is 0 Å². The lowest BCUT2D eigenvalue weighted by molar-refractivity contribution is 0.126. The van der Waals surface area contributed by atoms with Gasteiger partial charge in [0, 0.05) is 12.0 Å². The lowest BCUT2D eigenvalue weighted by Gasteiger charge is -2.26. The zero-order chi connectivity index (χ0) is 8.32. The van der Waals surface area contributed by atoms with Crippen molar-refractivity contribution in [1.29, 1.82) is 0 Å². The van der Waals surface area contributed by atoms with Crippen LogP contribution < -0.4 is 0 Å². The van der Waals surface area contributed by atoms with Gasteiger partial charge in [0.25, 0.3) is 0 Å². The summed E-state index contributed by atoms with van der Waals surface area (Å²) in [4.78, 5) is 0. The van der Waals surface area contributed by atoms with Gasteiger partial charge in [-0.1, -0.05) is 12.2 Å². The molecule has 0 amide bonds. The molecule has 0 aromatic carbocycles. The maximum absolute atomic E-state index is 9.15. The zero-order valence-corrected chi connectivity index (χ0v) is 6.84. The average molecular weight is 156 g/mol. The summed E-state index contributed by atoms with van der Waals surface area (Å²) >= 11 is 0. The van der Waals surface area contributed by atoms with E-state index in [9.17, 15) is 0 Å². The third kappa shape index (κ3) is 1.47. The van der Waals surface area contributed by atoms with Gasteiger partial charge in [-0.15, -0.1) is 0 Å². The van der Waals surface area contributed by atoms with E-state index in [2.05, 4.69) is 6.58 Å². The van der Waals surface area contributed by atoms with Gasteiger partial charge in [0.2, 0.25) is 0 Å². The quantitative estimate of drug-likeness (QED) is 0.600. The van der Waals surface area contributed by atoms with Gasteiger partial charge in [0.1, 0.15) is 0 Å². The zero-order valence-electron chi connectivity index (χ0n) is 6.84. The molecule has 1 rings (SSSR count). The molecule has 11 heavy (non-hydrogen) atoms. The molecule has 1 aliphatic rings. The van der Waals surface area contributed by atoms with Crippen molar-refractivity contribution in [2.24, 2.45) is 5.41 Å². The lowest BCUT2D eigenvalue weighted by atomic mass is 9.81. The highest BCUT2D eigenvalue weighted by Gasteiger charge is 2.35. The van der Waals surface area contributed by atoms with Crippen molar-refractivity contribution >= 4 is 0 Å². The maximum Gasteiger partial charge on any atom is 0.0525 e. The van der Waals surface area contributed by atoms with Crippen LogP contribution >= 0.6 is 0 Å². The molecule has 0 heterocycles. The smallest absolute Gasteiger partial charge is 0.0525 e. The standard InChI is InChI=1S/C9H16O2/c1-8-3-2-4-9(8,7-11)5-6-10/h10-11H,1-7H2. The monoisotopic (exact) mass is 156 g/mol. The van der Waals surface area contributed by atoms with Crippen molar-refractivity contribution < 1.29 is 10.2 Å². The van der Waals surface area contributed by atoms with E-state index in [-0.39, 0.29) is 18.6 Å². The second kappa shape index (κ2) is 3.37. The summed E-state index contributed by atoms with van der Waals surface area (Å²) in [5.74, 6) is 0. The molecule has 1 unspecified atom stereocenters. The molecule has 0 radical (unpaired) electrons. The van der Waals surface area contributed by atoms with Gasteiger partial charge in [0.15, 0.2) is 0 Å². The summed E-state index contributed by atoms with van der Waals surface area (Å²) < 4.78 is 0. The van der Waals surface area contributed by atoms with Crippen molar-refractivity contribution in [1.82, 2.24) is 0 Å². The van der Waals surface area contributed by atoms with Gasteiger partial charge in [-0.05, 0) is 25.7 Å². The first-order valence-corrected chi connectivity index (χ1v) is 4.15. The summed E-state index contributed by atoms with van der Waals surface area (Å²) in [6.07, 6.45) is 3.78. The van der Waals surface area contributed by atoms with Crippen molar-refractivity contribution in [3.05, 3.63) is 12.2 Å². The van der Waals surface area contributed by atoms with Crippen LogP contribution in [0.5, 0.6) is 0 Å². The van der Waals surface area contributed by atoms with Crippen LogP contribution in [0.15, 0.2) is 12.2 Å². The highest BCUT2D eigenvalue weighted by atomic mass is 16.3. The first-order valence-electron chi connectivity index (χ1n) is 4.15. The Labute approximate surface area is 67.6 Å². The van der Waals surface area contributed by atoms with Crippen molar-refractivity contribution in [2.75, 3.05) is 13.2 Å². The van der Waals surface area contributed by atoms with E-state index < -0.39 is 0 Å². The first-order chi connectivity index (χ1) is 5.25. The summed E-state index contributed by atoms with van der Waals surface area (Å²) in [5, 5.41) is 17.9. The number of hydrogen-bond donors (Lipinski definition) is 2. The first kappa shape index (κ1) is 8.75. The fraction of sp³-hybridized carbons (Fsp3) is 0.778. The number of rotatable bonds is 3. The minimum absolute atomic E-state index is 0.144. The Bertz CT molecular complexity index is 154. The molecule has 2 nitrogen and oxygen atoms in total. The summed E-state index contributed by atoms with van der Waals surface area (Å²) in [5.41, 5.74) is 0.975. The molecule has 1 atom stereocenters. The second-order valence-corrected chi connectivity index (χ2v) is 3.37. The largest absolute Gasteiger partial charge is 0.396 e. The highest BCUT2D eigenvalue weighted by Crippen LogP contribution is 2.43. The molecule has 0 spiro atoms. The van der Waals surface area contributed by atoms with Gasteiger partial charge in [-0.3, -0.25) is 0 Å². The van der Waals surface area contributed by atoms with E-state index in [1.807, 2.05) is 0 Å². The van der Waals surface area contributed by atoms with Gasteiger partial charge >= 0.3 is 0 Å². The molecule has 0 saturated heterocycles. The van der Waals surface area contributed by atoms with Crippen LogP contribution in [0.4, 0.5) is 0 Å². The van der Waals surface area contributed by atoms with E-state index in [1.54, 1.807) is 0 Å². The maximum atomic E-state index is 9.15. The summed E-state index contributed by atoms with van der Waals surface area (Å²) in [6.45, 7) is 4.22. The summed E-state index contributed by atoms with van der Waals surface area (Å²) in [6, 6.07) is 0. The van der Waals surface area contributed by atoms with Crippen molar-refractivity contribution in [2.45, 2.75) is 25.7 Å². The van der Waals surface area contributed by atoms with Crippen LogP contribution in [-0.4, -0.2) is 23.4 Å². The Hall–Kier alpha value is -0.340. The lowest BCUT2D eigenvalue weighted by Crippen LogP contribution is -2.24. The number of aliphatic hydroxyl groups excluding tert-OH is 2. The molecule has 1 aliphatic carbocycles. The Morgan fingerprint density at radius 2 is 2.18 bits per heavy atom. The molecule has 2 heteroatoms. The van der Waals surface area contributed by atoms with E-state index in [0.29, 0.717) is 6.42 Å². The Balaban J connectivity index is 2.65.